The molecule has 0 atom stereocenters. The van der Waals surface area contributed by atoms with Gasteiger partial charge in [-0.25, -0.2) is 0 Å². The summed E-state index contributed by atoms with van der Waals surface area (Å²) in [7, 11) is 0. The van der Waals surface area contributed by atoms with Gasteiger partial charge >= 0.3 is 177 Å². The van der Waals surface area contributed by atoms with Gasteiger partial charge in [0, 0.05) is 0 Å². The van der Waals surface area contributed by atoms with Crippen molar-refractivity contribution in [3.63, 3.8) is 0 Å². The van der Waals surface area contributed by atoms with Crippen molar-refractivity contribution in [2.75, 3.05) is 0 Å². The molecule has 42 heavy (non-hydrogen) atoms. The first-order valence-electron chi connectivity index (χ1n) is 9.41. The zero-order chi connectivity index (χ0) is 27.4. The number of carboxylic acids is 6. The predicted molar refractivity (Wildman–Crippen MR) is 105 cm³/mol. The smallest absolute Gasteiger partial charge is 0.545 e. The van der Waals surface area contributed by atoms with Crippen LogP contribution in [-0.4, -0.2) is 35.8 Å². The van der Waals surface area contributed by atoms with Crippen molar-refractivity contribution in [3.8, 4) is 0 Å². The molecule has 3 rings (SSSR count). The van der Waals surface area contributed by atoms with Crippen LogP contribution < -0.4 is 208 Å². The molecule has 0 aliphatic carbocycles. The van der Waals surface area contributed by atoms with Crippen molar-refractivity contribution in [3.05, 3.63) is 106 Å². The van der Waals surface area contributed by atoms with Gasteiger partial charge in [0.15, 0.2) is 0 Å². The van der Waals surface area contributed by atoms with Gasteiger partial charge in [0.25, 0.3) is 0 Å². The zero-order valence-corrected chi connectivity index (χ0v) is 35.8. The number of aromatic carboxylic acids is 6. The quantitative estimate of drug-likeness (QED) is 0.231. The fourth-order valence-corrected chi connectivity index (χ4v) is 2.32. The Bertz CT molecular complexity index is 1090. The van der Waals surface area contributed by atoms with Gasteiger partial charge in [-0.2, -0.15) is 0 Å². The third-order valence-corrected chi connectivity index (χ3v) is 4.00. The second kappa shape index (κ2) is 28.9. The monoisotopic (exact) mass is 630 g/mol. The summed E-state index contributed by atoms with van der Waals surface area (Å²) in [6.07, 6.45) is 0. The Morgan fingerprint density at radius 2 is 0.429 bits per heavy atom. The van der Waals surface area contributed by atoms with Gasteiger partial charge in [-0.1, -0.05) is 54.6 Å². The fraction of sp³-hybridized carbons (Fsp3) is 0. The Hall–Kier alpha value is 0.480. The van der Waals surface area contributed by atoms with Gasteiger partial charge in [0.1, 0.15) is 0 Å². The van der Waals surface area contributed by atoms with E-state index < -0.39 is 35.8 Å². The molecule has 0 bridgehead atoms. The topological polar surface area (TPSA) is 241 Å². The molecule has 0 aliphatic rings. The van der Waals surface area contributed by atoms with Crippen molar-refractivity contribution < 1.29 is 237 Å². The molecule has 0 unspecified atom stereocenters. The van der Waals surface area contributed by atoms with Crippen molar-refractivity contribution in [1.82, 2.24) is 0 Å². The molecule has 0 N–H and O–H groups in total. The van der Waals surface area contributed by atoms with Crippen molar-refractivity contribution in [2.45, 2.75) is 0 Å². The molecule has 0 saturated carbocycles. The number of hydrogen-bond acceptors (Lipinski definition) is 12. The van der Waals surface area contributed by atoms with Crippen LogP contribution >= 0.6 is 0 Å². The third-order valence-electron chi connectivity index (χ3n) is 4.00. The van der Waals surface area contributed by atoms with E-state index in [-0.39, 0.29) is 211 Å². The number of carbonyl (C=O) groups is 6. The van der Waals surface area contributed by atoms with Crippen LogP contribution in [0.4, 0.5) is 0 Å². The Morgan fingerprint density at radius 1 is 0.310 bits per heavy atom. The Labute approximate surface area is 372 Å². The van der Waals surface area contributed by atoms with Crippen LogP contribution in [0.3, 0.4) is 0 Å². The second-order valence-corrected chi connectivity index (χ2v) is 6.47. The van der Waals surface area contributed by atoms with E-state index in [1.165, 1.54) is 54.6 Å². The maximum absolute atomic E-state index is 10.3. The van der Waals surface area contributed by atoms with E-state index in [1.807, 2.05) is 0 Å². The second-order valence-electron chi connectivity index (χ2n) is 6.47. The minimum absolute atomic E-state index is 0. The number of carbonyl (C=O) groups excluding carboxylic acids is 6. The van der Waals surface area contributed by atoms with E-state index in [0.717, 1.165) is 18.2 Å². The maximum Gasteiger partial charge on any atom is 1.00 e. The third kappa shape index (κ3) is 21.3. The van der Waals surface area contributed by atoms with Gasteiger partial charge in [-0.05, 0) is 51.6 Å². The number of benzene rings is 3. The van der Waals surface area contributed by atoms with Crippen molar-refractivity contribution in [1.29, 1.82) is 0 Å². The number of rotatable bonds is 6. The summed E-state index contributed by atoms with van der Waals surface area (Å²) in [5, 5.41) is 61.5. The normalized spacial score (nSPS) is 8.00. The molecular weight excluding hydrogens is 618 g/mol. The molecule has 0 amide bonds. The largest absolute Gasteiger partial charge is 1.00 e. The minimum Gasteiger partial charge on any atom is -0.545 e. The van der Waals surface area contributed by atoms with Crippen LogP contribution in [0.1, 0.15) is 62.1 Å². The van der Waals surface area contributed by atoms with Gasteiger partial charge in [-0.3, -0.25) is 0 Å². The molecule has 3 aromatic carbocycles. The summed E-state index contributed by atoms with van der Waals surface area (Å²) in [6.45, 7) is 0. The van der Waals surface area contributed by atoms with Crippen molar-refractivity contribution >= 4 is 35.8 Å². The van der Waals surface area contributed by atoms with E-state index in [9.17, 15) is 59.4 Å². The first kappa shape index (κ1) is 54.9. The van der Waals surface area contributed by atoms with Gasteiger partial charge in [-0.15, -0.1) is 0 Å². The average Bonchev–Trinajstić information content (AvgIpc) is 2.85. The first-order valence-corrected chi connectivity index (χ1v) is 9.41. The Balaban J connectivity index is -0.000000108. The summed E-state index contributed by atoms with van der Waals surface area (Å²) >= 11 is 0. The van der Waals surface area contributed by atoms with Crippen LogP contribution in [0.5, 0.6) is 0 Å². The molecule has 0 heterocycles. The van der Waals surface area contributed by atoms with Crippen LogP contribution in [0.25, 0.3) is 0 Å². The summed E-state index contributed by atoms with van der Waals surface area (Å²) < 4.78 is 0. The van der Waals surface area contributed by atoms with Crippen LogP contribution in [-0.2, 0) is 0 Å². The molecule has 0 spiro atoms. The Morgan fingerprint density at radius 3 is 0.524 bits per heavy atom. The maximum atomic E-state index is 10.3. The SMILES string of the molecule is O=C([O-])c1cccc(C(=O)[O-])c1.O=C([O-])c1cccc(C(=O)[O-])c1.O=C([O-])c1cccc(C(=O)[O-])c1.[Na+].[Na+].[Na+].[Na+].[Na+].[Na+]. The summed E-state index contributed by atoms with van der Waals surface area (Å²) in [5.41, 5.74) is -1.02. The molecule has 0 radical (unpaired) electrons. The van der Waals surface area contributed by atoms with E-state index in [0.29, 0.717) is 0 Å². The summed E-state index contributed by atoms with van der Waals surface area (Å²) in [5.74, 6) is -8.43. The van der Waals surface area contributed by atoms with Crippen molar-refractivity contribution in [2.24, 2.45) is 0 Å². The predicted octanol–water partition coefficient (Wildman–Crippen LogP) is -22.7. The zero-order valence-electron chi connectivity index (χ0n) is 23.8. The number of carboxylic acid groups (broad SMARTS) is 6. The Kier molecular flexibility index (Phi) is 37.8. The van der Waals surface area contributed by atoms with E-state index in [1.54, 1.807) is 0 Å². The number of hydrogen-bond donors (Lipinski definition) is 0. The molecule has 18 heteroatoms. The van der Waals surface area contributed by atoms with Crippen LogP contribution in [0.2, 0.25) is 0 Å². The van der Waals surface area contributed by atoms with Gasteiger partial charge in [0.05, 0.1) is 35.8 Å². The molecule has 186 valence electrons. The van der Waals surface area contributed by atoms with Gasteiger partial charge < -0.3 is 59.4 Å². The molecule has 0 aliphatic heterocycles. The average molecular weight is 630 g/mol. The fourth-order valence-electron chi connectivity index (χ4n) is 2.32. The first-order chi connectivity index (χ1) is 16.8. The van der Waals surface area contributed by atoms with Gasteiger partial charge in [0.2, 0.25) is 0 Å². The van der Waals surface area contributed by atoms with E-state index in [2.05, 4.69) is 0 Å². The van der Waals surface area contributed by atoms with E-state index >= 15 is 0 Å². The minimum atomic E-state index is -1.40. The molecule has 0 fully saturated rings. The molecular formula is C24H12Na6O12. The molecule has 0 aromatic heterocycles. The summed E-state index contributed by atoms with van der Waals surface area (Å²) in [6, 6.07) is 14.4. The molecule has 0 saturated heterocycles. The van der Waals surface area contributed by atoms with E-state index in [4.69, 9.17) is 0 Å². The molecule has 3 aromatic rings. The standard InChI is InChI=1S/3C8H6O4.6Na/c3*9-7(10)5-2-1-3-6(4-5)8(11)12;;;;;;/h3*1-4H,(H,9,10)(H,11,12);;;;;;/q;;;6*+1/p-6. The van der Waals surface area contributed by atoms with Crippen LogP contribution in [0.15, 0.2) is 72.8 Å². The molecule has 12 nitrogen and oxygen atoms in total. The van der Waals surface area contributed by atoms with Crippen LogP contribution in [0, 0.1) is 0 Å². The summed E-state index contributed by atoms with van der Waals surface area (Å²) in [4.78, 5) is 61.5.